The standard InChI is InChI=1S/C14H29N3O/c1-12(2)17(3)10-5-4-9-15-14(18)16-11-13-7-6-8-13/h12-13H,4-11H2,1-3H3,(H2,15,16,18). The van der Waals surface area contributed by atoms with Crippen LogP contribution in [0.2, 0.25) is 0 Å². The minimum Gasteiger partial charge on any atom is -0.338 e. The van der Waals surface area contributed by atoms with Crippen LogP contribution in [0.5, 0.6) is 0 Å². The molecule has 0 atom stereocenters. The number of urea groups is 1. The number of unbranched alkanes of at least 4 members (excludes halogenated alkanes) is 1. The van der Waals surface area contributed by atoms with Crippen molar-refractivity contribution < 1.29 is 4.79 Å². The molecule has 4 nitrogen and oxygen atoms in total. The topological polar surface area (TPSA) is 44.4 Å². The second kappa shape index (κ2) is 8.35. The molecular weight excluding hydrogens is 226 g/mol. The first-order valence-corrected chi connectivity index (χ1v) is 7.31. The molecule has 0 aromatic carbocycles. The molecule has 0 saturated heterocycles. The van der Waals surface area contributed by atoms with E-state index in [2.05, 4.69) is 36.4 Å². The lowest BCUT2D eigenvalue weighted by Crippen LogP contribution is -2.40. The molecule has 4 heteroatoms. The van der Waals surface area contributed by atoms with Gasteiger partial charge in [0.15, 0.2) is 0 Å². The lowest BCUT2D eigenvalue weighted by Gasteiger charge is -2.25. The van der Waals surface area contributed by atoms with Crippen molar-refractivity contribution in [2.24, 2.45) is 5.92 Å². The maximum atomic E-state index is 11.5. The van der Waals surface area contributed by atoms with Crippen LogP contribution in [0.25, 0.3) is 0 Å². The van der Waals surface area contributed by atoms with E-state index >= 15 is 0 Å². The van der Waals surface area contributed by atoms with Gasteiger partial charge in [-0.15, -0.1) is 0 Å². The van der Waals surface area contributed by atoms with Crippen LogP contribution < -0.4 is 10.6 Å². The number of nitrogens with one attached hydrogen (secondary N) is 2. The Bertz CT molecular complexity index is 239. The van der Waals surface area contributed by atoms with E-state index in [0.717, 1.165) is 38.4 Å². The van der Waals surface area contributed by atoms with Gasteiger partial charge >= 0.3 is 6.03 Å². The first-order valence-electron chi connectivity index (χ1n) is 7.31. The lowest BCUT2D eigenvalue weighted by atomic mass is 9.85. The van der Waals surface area contributed by atoms with E-state index in [0.29, 0.717) is 6.04 Å². The minimum atomic E-state index is -0.000820. The fourth-order valence-corrected chi connectivity index (χ4v) is 1.94. The van der Waals surface area contributed by atoms with Crippen LogP contribution in [-0.4, -0.2) is 43.7 Å². The smallest absolute Gasteiger partial charge is 0.314 e. The lowest BCUT2D eigenvalue weighted by molar-refractivity contribution is 0.231. The van der Waals surface area contributed by atoms with Crippen molar-refractivity contribution >= 4 is 6.03 Å². The average molecular weight is 255 g/mol. The molecule has 18 heavy (non-hydrogen) atoms. The first kappa shape index (κ1) is 15.3. The molecule has 0 aromatic rings. The van der Waals surface area contributed by atoms with Crippen LogP contribution in [0.1, 0.15) is 46.0 Å². The van der Waals surface area contributed by atoms with E-state index in [1.807, 2.05) is 0 Å². The molecule has 0 bridgehead atoms. The molecule has 0 radical (unpaired) electrons. The number of carbonyl (C=O) groups excluding carboxylic acids is 1. The van der Waals surface area contributed by atoms with Gasteiger partial charge in [-0.05, 0) is 59.0 Å². The highest BCUT2D eigenvalue weighted by molar-refractivity contribution is 5.73. The van der Waals surface area contributed by atoms with E-state index in [-0.39, 0.29) is 6.03 Å². The first-order chi connectivity index (χ1) is 8.59. The number of hydrogen-bond donors (Lipinski definition) is 2. The summed E-state index contributed by atoms with van der Waals surface area (Å²) in [7, 11) is 2.14. The van der Waals surface area contributed by atoms with Crippen LogP contribution >= 0.6 is 0 Å². The predicted octanol–water partition coefficient (Wildman–Crippen LogP) is 2.21. The zero-order valence-corrected chi connectivity index (χ0v) is 12.2. The van der Waals surface area contributed by atoms with E-state index in [1.165, 1.54) is 19.3 Å². The van der Waals surface area contributed by atoms with Crippen molar-refractivity contribution in [1.82, 2.24) is 15.5 Å². The second-order valence-corrected chi connectivity index (χ2v) is 5.72. The average Bonchev–Trinajstić information content (AvgIpc) is 2.26. The third-order valence-corrected chi connectivity index (χ3v) is 3.88. The van der Waals surface area contributed by atoms with Crippen molar-refractivity contribution in [2.75, 3.05) is 26.7 Å². The van der Waals surface area contributed by atoms with Gasteiger partial charge in [-0.1, -0.05) is 6.42 Å². The third kappa shape index (κ3) is 6.24. The highest BCUT2D eigenvalue weighted by Crippen LogP contribution is 2.24. The van der Waals surface area contributed by atoms with E-state index in [9.17, 15) is 4.79 Å². The number of rotatable bonds is 8. The molecule has 2 N–H and O–H groups in total. The van der Waals surface area contributed by atoms with Gasteiger partial charge in [-0.3, -0.25) is 0 Å². The predicted molar refractivity (Wildman–Crippen MR) is 75.7 cm³/mol. The van der Waals surface area contributed by atoms with Crippen LogP contribution in [0, 0.1) is 5.92 Å². The van der Waals surface area contributed by atoms with Gasteiger partial charge in [0.2, 0.25) is 0 Å². The van der Waals surface area contributed by atoms with Crippen molar-refractivity contribution in [3.8, 4) is 0 Å². The van der Waals surface area contributed by atoms with Crippen molar-refractivity contribution in [2.45, 2.75) is 52.0 Å². The summed E-state index contributed by atoms with van der Waals surface area (Å²) in [6.45, 7) is 7.13. The number of hydrogen-bond acceptors (Lipinski definition) is 2. The van der Waals surface area contributed by atoms with Gasteiger partial charge in [0.1, 0.15) is 0 Å². The quantitative estimate of drug-likeness (QED) is 0.653. The summed E-state index contributed by atoms with van der Waals surface area (Å²) in [5.41, 5.74) is 0. The minimum absolute atomic E-state index is 0.000820. The largest absolute Gasteiger partial charge is 0.338 e. The van der Waals surface area contributed by atoms with E-state index < -0.39 is 0 Å². The monoisotopic (exact) mass is 255 g/mol. The van der Waals surface area contributed by atoms with Gasteiger partial charge in [-0.25, -0.2) is 4.79 Å². The van der Waals surface area contributed by atoms with E-state index in [4.69, 9.17) is 0 Å². The van der Waals surface area contributed by atoms with Crippen LogP contribution in [-0.2, 0) is 0 Å². The Hall–Kier alpha value is -0.770. The molecule has 1 fully saturated rings. The summed E-state index contributed by atoms with van der Waals surface area (Å²) in [6.07, 6.45) is 6.08. The zero-order chi connectivity index (χ0) is 13.4. The second-order valence-electron chi connectivity index (χ2n) is 5.72. The molecule has 106 valence electrons. The van der Waals surface area contributed by atoms with Crippen LogP contribution in [0.3, 0.4) is 0 Å². The molecule has 0 aliphatic heterocycles. The van der Waals surface area contributed by atoms with Crippen molar-refractivity contribution in [3.63, 3.8) is 0 Å². The SMILES string of the molecule is CC(C)N(C)CCCCNC(=O)NCC1CCC1. The zero-order valence-electron chi connectivity index (χ0n) is 12.2. The van der Waals surface area contributed by atoms with Crippen LogP contribution in [0.15, 0.2) is 0 Å². The Morgan fingerprint density at radius 2 is 2.00 bits per heavy atom. The summed E-state index contributed by atoms with van der Waals surface area (Å²) in [6, 6.07) is 0.600. The fourth-order valence-electron chi connectivity index (χ4n) is 1.94. The molecule has 0 aromatic heterocycles. The Morgan fingerprint density at radius 1 is 1.28 bits per heavy atom. The molecule has 0 spiro atoms. The normalized spacial score (nSPS) is 15.8. The van der Waals surface area contributed by atoms with Crippen molar-refractivity contribution in [1.29, 1.82) is 0 Å². The fraction of sp³-hybridized carbons (Fsp3) is 0.929. The summed E-state index contributed by atoms with van der Waals surface area (Å²) < 4.78 is 0. The Kier molecular flexibility index (Phi) is 7.09. The van der Waals surface area contributed by atoms with Gasteiger partial charge in [-0.2, -0.15) is 0 Å². The van der Waals surface area contributed by atoms with Gasteiger partial charge in [0.25, 0.3) is 0 Å². The summed E-state index contributed by atoms with van der Waals surface area (Å²) in [4.78, 5) is 13.8. The Morgan fingerprint density at radius 3 is 2.56 bits per heavy atom. The maximum Gasteiger partial charge on any atom is 0.314 e. The molecule has 1 aliphatic carbocycles. The molecule has 0 heterocycles. The van der Waals surface area contributed by atoms with E-state index in [1.54, 1.807) is 0 Å². The third-order valence-electron chi connectivity index (χ3n) is 3.88. The summed E-state index contributed by atoms with van der Waals surface area (Å²) in [5.74, 6) is 0.732. The highest BCUT2D eigenvalue weighted by atomic mass is 16.2. The van der Waals surface area contributed by atoms with Gasteiger partial charge in [0.05, 0.1) is 0 Å². The Labute approximate surface area is 111 Å². The number of carbonyl (C=O) groups is 1. The van der Waals surface area contributed by atoms with Gasteiger partial charge < -0.3 is 15.5 Å². The van der Waals surface area contributed by atoms with Gasteiger partial charge in [0, 0.05) is 19.1 Å². The molecule has 1 rings (SSSR count). The molecular formula is C14H29N3O. The Balaban J connectivity index is 1.88. The summed E-state index contributed by atoms with van der Waals surface area (Å²) >= 11 is 0. The molecule has 0 unspecified atom stereocenters. The van der Waals surface area contributed by atoms with Crippen molar-refractivity contribution in [3.05, 3.63) is 0 Å². The number of nitrogens with zero attached hydrogens (tertiary/aromatic N) is 1. The van der Waals surface area contributed by atoms with Crippen LogP contribution in [0.4, 0.5) is 4.79 Å². The molecule has 2 amide bonds. The number of amides is 2. The highest BCUT2D eigenvalue weighted by Gasteiger charge is 2.17. The maximum absolute atomic E-state index is 11.5. The molecule has 1 saturated carbocycles. The molecule has 1 aliphatic rings. The summed E-state index contributed by atoms with van der Waals surface area (Å²) in [5, 5.41) is 5.86.